The summed E-state index contributed by atoms with van der Waals surface area (Å²) in [6, 6.07) is 14.1. The van der Waals surface area contributed by atoms with Gasteiger partial charge in [0.1, 0.15) is 5.75 Å². The monoisotopic (exact) mass is 432 g/mol. The van der Waals surface area contributed by atoms with E-state index in [-0.39, 0.29) is 23.1 Å². The fraction of sp³-hybridized carbons (Fsp3) is 0.286. The van der Waals surface area contributed by atoms with Crippen LogP contribution < -0.4 is 10.1 Å². The zero-order valence-electron chi connectivity index (χ0n) is 16.6. The zero-order chi connectivity index (χ0) is 21.5. The summed E-state index contributed by atoms with van der Waals surface area (Å²) in [5.74, 6) is 0.368. The number of nitrogens with one attached hydrogen (secondary N) is 1. The van der Waals surface area contributed by atoms with Gasteiger partial charge in [-0.1, -0.05) is 54.6 Å². The summed E-state index contributed by atoms with van der Waals surface area (Å²) < 4.78 is 31.5. The van der Waals surface area contributed by atoms with E-state index in [0.717, 1.165) is 23.4 Å². The van der Waals surface area contributed by atoms with E-state index < -0.39 is 6.61 Å². The SMILES string of the molecule is CCCn1c(SCC(=O)Nc2ccccc2OC(F)F)nnc1-c1cccc(C)c1. The molecule has 3 rings (SSSR count). The summed E-state index contributed by atoms with van der Waals surface area (Å²) in [6.45, 7) is 1.82. The quantitative estimate of drug-likeness (QED) is 0.482. The van der Waals surface area contributed by atoms with Crippen molar-refractivity contribution in [2.45, 2.75) is 38.6 Å². The number of rotatable bonds is 9. The molecule has 0 bridgehead atoms. The molecule has 0 saturated carbocycles. The molecule has 0 fully saturated rings. The van der Waals surface area contributed by atoms with Gasteiger partial charge in [0, 0.05) is 12.1 Å². The zero-order valence-corrected chi connectivity index (χ0v) is 17.5. The molecule has 3 aromatic rings. The van der Waals surface area contributed by atoms with E-state index in [4.69, 9.17) is 0 Å². The lowest BCUT2D eigenvalue weighted by molar-refractivity contribution is -0.113. The number of para-hydroxylation sites is 2. The number of hydrogen-bond acceptors (Lipinski definition) is 5. The maximum absolute atomic E-state index is 12.5. The standard InChI is InChI=1S/C21H22F2N4O2S/c1-3-11-27-19(15-8-6-7-14(2)12-15)25-26-21(27)30-13-18(28)24-16-9-4-5-10-17(16)29-20(22)23/h4-10,12,20H,3,11,13H2,1-2H3,(H,24,28). The van der Waals surface area contributed by atoms with Crippen LogP contribution in [0.1, 0.15) is 18.9 Å². The maximum Gasteiger partial charge on any atom is 0.387 e. The molecular formula is C21H22F2N4O2S. The third-order valence-electron chi connectivity index (χ3n) is 4.15. The van der Waals surface area contributed by atoms with Gasteiger partial charge in [0.05, 0.1) is 11.4 Å². The van der Waals surface area contributed by atoms with Crippen molar-refractivity contribution >= 4 is 23.4 Å². The van der Waals surface area contributed by atoms with Crippen LogP contribution in [0.4, 0.5) is 14.5 Å². The summed E-state index contributed by atoms with van der Waals surface area (Å²) in [7, 11) is 0. The van der Waals surface area contributed by atoms with E-state index in [1.807, 2.05) is 35.8 Å². The van der Waals surface area contributed by atoms with Gasteiger partial charge in [-0.3, -0.25) is 4.79 Å². The van der Waals surface area contributed by atoms with Crippen LogP contribution in [0.25, 0.3) is 11.4 Å². The highest BCUT2D eigenvalue weighted by Crippen LogP contribution is 2.27. The Bertz CT molecular complexity index is 1010. The van der Waals surface area contributed by atoms with Gasteiger partial charge in [-0.2, -0.15) is 8.78 Å². The summed E-state index contributed by atoms with van der Waals surface area (Å²) >= 11 is 1.24. The van der Waals surface area contributed by atoms with Gasteiger partial charge >= 0.3 is 6.61 Å². The first kappa shape index (κ1) is 21.8. The number of aryl methyl sites for hydroxylation is 1. The molecule has 6 nitrogen and oxygen atoms in total. The Kier molecular flexibility index (Phi) is 7.40. The molecule has 0 aliphatic rings. The lowest BCUT2D eigenvalue weighted by Crippen LogP contribution is -2.16. The van der Waals surface area contributed by atoms with Gasteiger partial charge in [-0.05, 0) is 31.5 Å². The number of thioether (sulfide) groups is 1. The number of amides is 1. The molecule has 0 unspecified atom stereocenters. The Hall–Kier alpha value is -2.94. The van der Waals surface area contributed by atoms with Crippen molar-refractivity contribution in [2.75, 3.05) is 11.1 Å². The molecule has 1 heterocycles. The predicted octanol–water partition coefficient (Wildman–Crippen LogP) is 5.00. The first-order valence-electron chi connectivity index (χ1n) is 9.44. The molecule has 0 aliphatic carbocycles. The number of halogens is 2. The summed E-state index contributed by atoms with van der Waals surface area (Å²) in [5.41, 5.74) is 2.28. The number of ether oxygens (including phenoxy) is 1. The smallest absolute Gasteiger partial charge is 0.387 e. The molecule has 30 heavy (non-hydrogen) atoms. The third kappa shape index (κ3) is 5.56. The number of nitrogens with zero attached hydrogens (tertiary/aromatic N) is 3. The number of carbonyl (C=O) groups excluding carboxylic acids is 1. The Morgan fingerprint density at radius 2 is 2.00 bits per heavy atom. The topological polar surface area (TPSA) is 69.0 Å². The second-order valence-corrected chi connectivity index (χ2v) is 7.48. The largest absolute Gasteiger partial charge is 0.433 e. The number of benzene rings is 2. The average Bonchev–Trinajstić information content (AvgIpc) is 3.10. The van der Waals surface area contributed by atoms with Gasteiger partial charge in [-0.15, -0.1) is 10.2 Å². The lowest BCUT2D eigenvalue weighted by Gasteiger charge is -2.12. The van der Waals surface area contributed by atoms with Crippen molar-refractivity contribution in [1.82, 2.24) is 14.8 Å². The van der Waals surface area contributed by atoms with Crippen molar-refractivity contribution in [3.63, 3.8) is 0 Å². The fourth-order valence-corrected chi connectivity index (χ4v) is 3.67. The lowest BCUT2D eigenvalue weighted by atomic mass is 10.1. The van der Waals surface area contributed by atoms with Crippen LogP contribution in [-0.2, 0) is 11.3 Å². The van der Waals surface area contributed by atoms with E-state index >= 15 is 0 Å². The van der Waals surface area contributed by atoms with Crippen LogP contribution in [0, 0.1) is 6.92 Å². The summed E-state index contributed by atoms with van der Waals surface area (Å²) in [5, 5.41) is 11.8. The Labute approximate surface area is 177 Å². The molecule has 2 aromatic carbocycles. The average molecular weight is 432 g/mol. The van der Waals surface area contributed by atoms with E-state index in [1.165, 1.54) is 23.9 Å². The third-order valence-corrected chi connectivity index (χ3v) is 5.12. The summed E-state index contributed by atoms with van der Waals surface area (Å²) in [4.78, 5) is 12.4. The van der Waals surface area contributed by atoms with Crippen molar-refractivity contribution in [3.05, 3.63) is 54.1 Å². The molecule has 0 atom stereocenters. The van der Waals surface area contributed by atoms with Crippen LogP contribution in [0.15, 0.2) is 53.7 Å². The first-order chi connectivity index (χ1) is 14.5. The molecular weight excluding hydrogens is 410 g/mol. The van der Waals surface area contributed by atoms with E-state index in [0.29, 0.717) is 11.7 Å². The Balaban J connectivity index is 1.71. The van der Waals surface area contributed by atoms with Crippen molar-refractivity contribution in [3.8, 4) is 17.1 Å². The molecule has 9 heteroatoms. The van der Waals surface area contributed by atoms with Crippen LogP contribution in [0.5, 0.6) is 5.75 Å². The minimum Gasteiger partial charge on any atom is -0.433 e. The van der Waals surface area contributed by atoms with Crippen molar-refractivity contribution < 1.29 is 18.3 Å². The first-order valence-corrected chi connectivity index (χ1v) is 10.4. The highest BCUT2D eigenvalue weighted by molar-refractivity contribution is 7.99. The van der Waals surface area contributed by atoms with E-state index in [2.05, 4.69) is 27.2 Å². The number of anilines is 1. The molecule has 158 valence electrons. The predicted molar refractivity (Wildman–Crippen MR) is 113 cm³/mol. The number of alkyl halides is 2. The van der Waals surface area contributed by atoms with Crippen LogP contribution >= 0.6 is 11.8 Å². The maximum atomic E-state index is 12.5. The minimum atomic E-state index is -2.97. The van der Waals surface area contributed by atoms with Gasteiger partial charge < -0.3 is 14.6 Å². The van der Waals surface area contributed by atoms with E-state index in [1.54, 1.807) is 12.1 Å². The van der Waals surface area contributed by atoms with Crippen LogP contribution in [0.3, 0.4) is 0 Å². The molecule has 0 radical (unpaired) electrons. The van der Waals surface area contributed by atoms with Crippen molar-refractivity contribution in [2.24, 2.45) is 0 Å². The Morgan fingerprint density at radius 3 is 2.73 bits per heavy atom. The molecule has 1 amide bonds. The molecule has 1 aromatic heterocycles. The van der Waals surface area contributed by atoms with Crippen LogP contribution in [0.2, 0.25) is 0 Å². The normalized spacial score (nSPS) is 11.0. The number of carbonyl (C=O) groups is 1. The van der Waals surface area contributed by atoms with Gasteiger partial charge in [0.2, 0.25) is 5.91 Å². The number of aromatic nitrogens is 3. The van der Waals surface area contributed by atoms with Gasteiger partial charge in [0.25, 0.3) is 0 Å². The molecule has 0 spiro atoms. The van der Waals surface area contributed by atoms with Crippen LogP contribution in [-0.4, -0.2) is 33.0 Å². The second-order valence-electron chi connectivity index (χ2n) is 6.54. The van der Waals surface area contributed by atoms with E-state index in [9.17, 15) is 13.6 Å². The summed E-state index contributed by atoms with van der Waals surface area (Å²) in [6.07, 6.45) is 0.884. The highest BCUT2D eigenvalue weighted by Gasteiger charge is 2.16. The van der Waals surface area contributed by atoms with Gasteiger partial charge in [0.15, 0.2) is 11.0 Å². The van der Waals surface area contributed by atoms with Crippen molar-refractivity contribution in [1.29, 1.82) is 0 Å². The molecule has 1 N–H and O–H groups in total. The molecule has 0 saturated heterocycles. The van der Waals surface area contributed by atoms with Gasteiger partial charge in [-0.25, -0.2) is 0 Å². The number of hydrogen-bond donors (Lipinski definition) is 1. The second kappa shape index (κ2) is 10.2. The minimum absolute atomic E-state index is 0.0542. The highest BCUT2D eigenvalue weighted by atomic mass is 32.2. The fourth-order valence-electron chi connectivity index (χ4n) is 2.90. The Morgan fingerprint density at radius 1 is 1.20 bits per heavy atom. The molecule has 0 aliphatic heterocycles.